The lowest BCUT2D eigenvalue weighted by Gasteiger charge is -2.21. The standard InChI is InChI=1S/C14H21N3O4S/c1-12-6-5-7-13(17(18)19)14(12)22(20,21)15(2)10-11-16-8-3-4-9-16/h5-7H,3-4,8-11H2,1-2H3. The Hall–Kier alpha value is -1.51. The van der Waals surface area contributed by atoms with Crippen LogP contribution in [-0.4, -0.2) is 55.8 Å². The van der Waals surface area contributed by atoms with Crippen molar-refractivity contribution in [2.45, 2.75) is 24.7 Å². The number of nitro groups is 1. The van der Waals surface area contributed by atoms with Gasteiger partial charge in [0.25, 0.3) is 5.69 Å². The van der Waals surface area contributed by atoms with Gasteiger partial charge in [0.05, 0.1) is 4.92 Å². The van der Waals surface area contributed by atoms with Gasteiger partial charge in [0.15, 0.2) is 4.90 Å². The molecule has 1 aliphatic heterocycles. The van der Waals surface area contributed by atoms with Crippen molar-refractivity contribution in [3.8, 4) is 0 Å². The van der Waals surface area contributed by atoms with Crippen molar-refractivity contribution in [1.82, 2.24) is 9.21 Å². The summed E-state index contributed by atoms with van der Waals surface area (Å²) in [6, 6.07) is 4.30. The fourth-order valence-electron chi connectivity index (χ4n) is 2.68. The van der Waals surface area contributed by atoms with Gasteiger partial charge in [0.2, 0.25) is 10.0 Å². The summed E-state index contributed by atoms with van der Waals surface area (Å²) >= 11 is 0. The molecule has 0 atom stereocenters. The van der Waals surface area contributed by atoms with Crippen molar-refractivity contribution in [3.63, 3.8) is 0 Å². The van der Waals surface area contributed by atoms with Gasteiger partial charge < -0.3 is 4.90 Å². The van der Waals surface area contributed by atoms with Crippen molar-refractivity contribution < 1.29 is 13.3 Å². The Morgan fingerprint density at radius 2 is 1.95 bits per heavy atom. The Morgan fingerprint density at radius 1 is 1.32 bits per heavy atom. The van der Waals surface area contributed by atoms with Gasteiger partial charge in [-0.3, -0.25) is 10.1 Å². The van der Waals surface area contributed by atoms with Crippen LogP contribution in [0.15, 0.2) is 23.1 Å². The van der Waals surface area contributed by atoms with E-state index in [9.17, 15) is 18.5 Å². The second-order valence-electron chi connectivity index (χ2n) is 5.56. The summed E-state index contributed by atoms with van der Waals surface area (Å²) in [4.78, 5) is 12.5. The van der Waals surface area contributed by atoms with E-state index in [-0.39, 0.29) is 10.6 Å². The predicted molar refractivity (Wildman–Crippen MR) is 83.3 cm³/mol. The lowest BCUT2D eigenvalue weighted by Crippen LogP contribution is -2.35. The molecular formula is C14H21N3O4S. The molecule has 0 bridgehead atoms. The van der Waals surface area contributed by atoms with Gasteiger partial charge in [-0.2, -0.15) is 4.31 Å². The highest BCUT2D eigenvalue weighted by atomic mass is 32.2. The number of hydrogen-bond donors (Lipinski definition) is 0. The smallest absolute Gasteiger partial charge is 0.289 e. The zero-order chi connectivity index (χ0) is 16.3. The molecule has 0 saturated carbocycles. The summed E-state index contributed by atoms with van der Waals surface area (Å²) < 4.78 is 26.6. The maximum Gasteiger partial charge on any atom is 0.289 e. The third-order valence-corrected chi connectivity index (χ3v) is 6.04. The molecule has 2 rings (SSSR count). The second kappa shape index (κ2) is 6.72. The Morgan fingerprint density at radius 3 is 2.55 bits per heavy atom. The quantitative estimate of drug-likeness (QED) is 0.585. The fraction of sp³-hybridized carbons (Fsp3) is 0.571. The van der Waals surface area contributed by atoms with E-state index in [0.717, 1.165) is 25.9 Å². The summed E-state index contributed by atoms with van der Waals surface area (Å²) in [5.74, 6) is 0. The number of nitrogens with zero attached hydrogens (tertiary/aromatic N) is 3. The van der Waals surface area contributed by atoms with Crippen LogP contribution >= 0.6 is 0 Å². The van der Waals surface area contributed by atoms with E-state index in [4.69, 9.17) is 0 Å². The van der Waals surface area contributed by atoms with E-state index in [1.807, 2.05) is 0 Å². The Kier molecular flexibility index (Phi) is 5.15. The van der Waals surface area contributed by atoms with Crippen LogP contribution in [0.25, 0.3) is 0 Å². The van der Waals surface area contributed by atoms with Gasteiger partial charge in [0.1, 0.15) is 0 Å². The maximum absolute atomic E-state index is 12.7. The normalized spacial score (nSPS) is 16.3. The maximum atomic E-state index is 12.7. The first-order valence-electron chi connectivity index (χ1n) is 7.26. The molecule has 1 saturated heterocycles. The molecule has 7 nitrogen and oxygen atoms in total. The molecule has 1 fully saturated rings. The van der Waals surface area contributed by atoms with Crippen molar-refractivity contribution in [1.29, 1.82) is 0 Å². The van der Waals surface area contributed by atoms with Crippen LogP contribution in [0.5, 0.6) is 0 Å². The van der Waals surface area contributed by atoms with Crippen LogP contribution in [0, 0.1) is 17.0 Å². The molecule has 1 aromatic carbocycles. The molecule has 1 heterocycles. The Balaban J connectivity index is 2.23. The average molecular weight is 327 g/mol. The minimum absolute atomic E-state index is 0.205. The number of nitro benzene ring substituents is 1. The molecule has 0 amide bonds. The first kappa shape index (κ1) is 16.9. The monoisotopic (exact) mass is 327 g/mol. The lowest BCUT2D eigenvalue weighted by molar-refractivity contribution is -0.387. The highest BCUT2D eigenvalue weighted by Crippen LogP contribution is 2.29. The molecule has 8 heteroatoms. The lowest BCUT2D eigenvalue weighted by atomic mass is 10.2. The highest BCUT2D eigenvalue weighted by molar-refractivity contribution is 7.89. The van der Waals surface area contributed by atoms with E-state index in [0.29, 0.717) is 18.7 Å². The predicted octanol–water partition coefficient (Wildman–Crippen LogP) is 1.62. The largest absolute Gasteiger partial charge is 0.302 e. The van der Waals surface area contributed by atoms with E-state index in [1.54, 1.807) is 13.0 Å². The van der Waals surface area contributed by atoms with E-state index in [2.05, 4.69) is 4.90 Å². The van der Waals surface area contributed by atoms with Crippen LogP contribution in [0.2, 0.25) is 0 Å². The average Bonchev–Trinajstić information content (AvgIpc) is 2.97. The third-order valence-electron chi connectivity index (χ3n) is 3.99. The minimum atomic E-state index is -3.87. The summed E-state index contributed by atoms with van der Waals surface area (Å²) in [5, 5.41) is 11.1. The van der Waals surface area contributed by atoms with Crippen molar-refractivity contribution in [2.75, 3.05) is 33.2 Å². The van der Waals surface area contributed by atoms with Gasteiger partial charge in [-0.05, 0) is 38.4 Å². The molecule has 0 radical (unpaired) electrons. The molecule has 0 unspecified atom stereocenters. The molecule has 0 aromatic heterocycles. The van der Waals surface area contributed by atoms with Crippen LogP contribution < -0.4 is 0 Å². The summed E-state index contributed by atoms with van der Waals surface area (Å²) in [6.07, 6.45) is 2.28. The van der Waals surface area contributed by atoms with Crippen LogP contribution in [0.4, 0.5) is 5.69 Å². The molecule has 0 N–H and O–H groups in total. The highest BCUT2D eigenvalue weighted by Gasteiger charge is 2.31. The fourth-order valence-corrected chi connectivity index (χ4v) is 4.20. The topological polar surface area (TPSA) is 83.8 Å². The zero-order valence-corrected chi connectivity index (χ0v) is 13.7. The van der Waals surface area contributed by atoms with E-state index < -0.39 is 14.9 Å². The van der Waals surface area contributed by atoms with Crippen molar-refractivity contribution >= 4 is 15.7 Å². The number of hydrogen-bond acceptors (Lipinski definition) is 5. The molecular weight excluding hydrogens is 306 g/mol. The number of likely N-dealkylation sites (N-methyl/N-ethyl adjacent to an activating group) is 1. The van der Waals surface area contributed by atoms with E-state index in [1.165, 1.54) is 23.5 Å². The third kappa shape index (κ3) is 3.45. The number of sulfonamides is 1. The van der Waals surface area contributed by atoms with Gasteiger partial charge in [0, 0.05) is 26.2 Å². The number of likely N-dealkylation sites (tertiary alicyclic amines) is 1. The number of rotatable bonds is 6. The van der Waals surface area contributed by atoms with Crippen LogP contribution in [-0.2, 0) is 10.0 Å². The summed E-state index contributed by atoms with van der Waals surface area (Å²) in [6.45, 7) is 4.52. The van der Waals surface area contributed by atoms with Gasteiger partial charge in [-0.1, -0.05) is 12.1 Å². The zero-order valence-electron chi connectivity index (χ0n) is 12.9. The molecule has 22 heavy (non-hydrogen) atoms. The summed E-state index contributed by atoms with van der Waals surface area (Å²) in [5.41, 5.74) is 0.0234. The number of benzene rings is 1. The van der Waals surface area contributed by atoms with Gasteiger partial charge in [-0.15, -0.1) is 0 Å². The van der Waals surface area contributed by atoms with Crippen molar-refractivity contribution in [3.05, 3.63) is 33.9 Å². The molecule has 1 aromatic rings. The molecule has 122 valence electrons. The second-order valence-corrected chi connectivity index (χ2v) is 7.54. The minimum Gasteiger partial charge on any atom is -0.302 e. The van der Waals surface area contributed by atoms with E-state index >= 15 is 0 Å². The van der Waals surface area contributed by atoms with Crippen molar-refractivity contribution in [2.24, 2.45) is 0 Å². The van der Waals surface area contributed by atoms with Crippen LogP contribution in [0.1, 0.15) is 18.4 Å². The van der Waals surface area contributed by atoms with Gasteiger partial charge in [-0.25, -0.2) is 8.42 Å². The molecule has 0 spiro atoms. The summed E-state index contributed by atoms with van der Waals surface area (Å²) in [7, 11) is -2.40. The Bertz CT molecular complexity index is 654. The molecule has 0 aliphatic carbocycles. The molecule has 1 aliphatic rings. The van der Waals surface area contributed by atoms with Crippen LogP contribution in [0.3, 0.4) is 0 Å². The first-order valence-corrected chi connectivity index (χ1v) is 8.70. The first-order chi connectivity index (χ1) is 10.3. The SMILES string of the molecule is Cc1cccc([N+](=O)[O-])c1S(=O)(=O)N(C)CCN1CCCC1. The van der Waals surface area contributed by atoms with Gasteiger partial charge >= 0.3 is 0 Å². The number of aryl methyl sites for hydroxylation is 1. The Labute approximate surface area is 130 Å².